The van der Waals surface area contributed by atoms with E-state index in [0.29, 0.717) is 17.1 Å². The lowest BCUT2D eigenvalue weighted by Crippen LogP contribution is -2.38. The van der Waals surface area contributed by atoms with E-state index in [2.05, 4.69) is 5.32 Å². The minimum absolute atomic E-state index is 0.0876. The van der Waals surface area contributed by atoms with E-state index in [1.54, 1.807) is 18.2 Å². The topological polar surface area (TPSA) is 52.5 Å². The van der Waals surface area contributed by atoms with Crippen LogP contribution in [0.1, 0.15) is 16.7 Å². The molecule has 3 rings (SSSR count). The van der Waals surface area contributed by atoms with Crippen molar-refractivity contribution in [1.29, 1.82) is 0 Å². The number of β-amino-alcohol motifs (C(OH)–C–C–N with tert-alkyl or cyclic N) is 1. The molecule has 0 saturated heterocycles. The minimum Gasteiger partial charge on any atom is -0.508 e. The summed E-state index contributed by atoms with van der Waals surface area (Å²) in [6.45, 7) is 1.09. The molecule has 4 heteroatoms. The van der Waals surface area contributed by atoms with Crippen molar-refractivity contribution in [2.75, 3.05) is 13.1 Å². The number of halogens is 1. The van der Waals surface area contributed by atoms with E-state index in [9.17, 15) is 10.2 Å². The van der Waals surface area contributed by atoms with Crippen LogP contribution < -0.4 is 5.32 Å². The van der Waals surface area contributed by atoms with Gasteiger partial charge in [0.15, 0.2) is 0 Å². The van der Waals surface area contributed by atoms with Crippen LogP contribution in [0.4, 0.5) is 0 Å². The predicted octanol–water partition coefficient (Wildman–Crippen LogP) is 2.43. The molecule has 0 spiro atoms. The van der Waals surface area contributed by atoms with E-state index in [-0.39, 0.29) is 5.75 Å². The summed E-state index contributed by atoms with van der Waals surface area (Å²) >= 11 is 6.27. The number of para-hydroxylation sites is 1. The van der Waals surface area contributed by atoms with Gasteiger partial charge >= 0.3 is 0 Å². The van der Waals surface area contributed by atoms with Crippen LogP contribution in [0.25, 0.3) is 0 Å². The predicted molar refractivity (Wildman–Crippen MR) is 79.1 cm³/mol. The molecule has 1 unspecified atom stereocenters. The van der Waals surface area contributed by atoms with Crippen LogP contribution in [-0.2, 0) is 12.0 Å². The average molecular weight is 290 g/mol. The molecule has 0 fully saturated rings. The number of rotatable bonds is 1. The van der Waals surface area contributed by atoms with Crippen molar-refractivity contribution in [3.05, 3.63) is 64.2 Å². The zero-order valence-electron chi connectivity index (χ0n) is 10.9. The molecular formula is C16H16ClNO2. The van der Waals surface area contributed by atoms with Gasteiger partial charge in [0.1, 0.15) is 11.4 Å². The molecule has 1 heterocycles. The molecule has 3 nitrogen and oxygen atoms in total. The highest BCUT2D eigenvalue weighted by Gasteiger charge is 2.37. The quantitative estimate of drug-likeness (QED) is 0.756. The van der Waals surface area contributed by atoms with Crippen LogP contribution in [0.5, 0.6) is 5.75 Å². The van der Waals surface area contributed by atoms with E-state index in [0.717, 1.165) is 24.1 Å². The fourth-order valence-corrected chi connectivity index (χ4v) is 3.11. The molecule has 1 aliphatic heterocycles. The van der Waals surface area contributed by atoms with Crippen molar-refractivity contribution in [1.82, 2.24) is 5.32 Å². The number of aromatic hydroxyl groups is 1. The number of phenolic OH excluding ortho intramolecular Hbond substituents is 1. The summed E-state index contributed by atoms with van der Waals surface area (Å²) in [6.07, 6.45) is 0.755. The van der Waals surface area contributed by atoms with Crippen molar-refractivity contribution in [2.45, 2.75) is 12.0 Å². The van der Waals surface area contributed by atoms with Crippen LogP contribution in [0.15, 0.2) is 42.5 Å². The molecule has 0 amide bonds. The first kappa shape index (κ1) is 13.4. The zero-order valence-corrected chi connectivity index (χ0v) is 11.7. The van der Waals surface area contributed by atoms with Gasteiger partial charge in [-0.15, -0.1) is 0 Å². The monoisotopic (exact) mass is 289 g/mol. The second kappa shape index (κ2) is 5.09. The molecule has 2 aromatic rings. The fourth-order valence-electron chi connectivity index (χ4n) is 2.84. The van der Waals surface area contributed by atoms with Crippen LogP contribution in [0, 0.1) is 0 Å². The number of fused-ring (bicyclic) bond motifs is 1. The summed E-state index contributed by atoms with van der Waals surface area (Å²) in [5, 5.41) is 25.2. The Labute approximate surface area is 122 Å². The first-order valence-electron chi connectivity index (χ1n) is 6.62. The number of hydrogen-bond donors (Lipinski definition) is 3. The Morgan fingerprint density at radius 3 is 2.60 bits per heavy atom. The van der Waals surface area contributed by atoms with Crippen molar-refractivity contribution >= 4 is 11.6 Å². The second-order valence-electron chi connectivity index (χ2n) is 5.07. The third-order valence-corrected chi connectivity index (χ3v) is 4.20. The zero-order chi connectivity index (χ0) is 14.2. The molecule has 3 N–H and O–H groups in total. The molecule has 1 aliphatic rings. The first-order chi connectivity index (χ1) is 9.63. The average Bonchev–Trinajstić information content (AvgIpc) is 2.61. The van der Waals surface area contributed by atoms with Crippen LogP contribution in [-0.4, -0.2) is 23.3 Å². The van der Waals surface area contributed by atoms with Crippen LogP contribution >= 0.6 is 11.6 Å². The third kappa shape index (κ3) is 2.08. The molecular weight excluding hydrogens is 274 g/mol. The Balaban J connectivity index is 2.24. The molecule has 1 atom stereocenters. The molecule has 2 aromatic carbocycles. The van der Waals surface area contributed by atoms with Gasteiger partial charge in [0.05, 0.1) is 0 Å². The first-order valence-corrected chi connectivity index (χ1v) is 7.00. The lowest BCUT2D eigenvalue weighted by Gasteiger charge is -2.30. The number of hydrogen-bond acceptors (Lipinski definition) is 3. The summed E-state index contributed by atoms with van der Waals surface area (Å²) in [6, 6.07) is 12.4. The highest BCUT2D eigenvalue weighted by atomic mass is 35.5. The second-order valence-corrected chi connectivity index (χ2v) is 5.48. The Hall–Kier alpha value is -1.55. The number of benzene rings is 2. The van der Waals surface area contributed by atoms with Gasteiger partial charge in [-0.1, -0.05) is 41.9 Å². The number of aliphatic hydroxyl groups is 1. The lowest BCUT2D eigenvalue weighted by atomic mass is 9.83. The standard InChI is InChI=1S/C16H16ClNO2/c17-14-6-3-5-12-11(14)8-9-18-10-16(12,20)13-4-1-2-7-15(13)19/h1-7,18-20H,8-10H2. The molecule has 0 bridgehead atoms. The van der Waals surface area contributed by atoms with Crippen molar-refractivity contribution < 1.29 is 10.2 Å². The SMILES string of the molecule is Oc1ccccc1C1(O)CNCCc2c(Cl)cccc21. The Bertz CT molecular complexity index is 644. The van der Waals surface area contributed by atoms with E-state index >= 15 is 0 Å². The smallest absolute Gasteiger partial charge is 0.131 e. The molecule has 0 aromatic heterocycles. The summed E-state index contributed by atoms with van der Waals surface area (Å²) in [5.74, 6) is 0.0876. The van der Waals surface area contributed by atoms with E-state index < -0.39 is 5.60 Å². The largest absolute Gasteiger partial charge is 0.508 e. The highest BCUT2D eigenvalue weighted by molar-refractivity contribution is 6.31. The molecule has 0 saturated carbocycles. The summed E-state index contributed by atoms with van der Waals surface area (Å²) in [7, 11) is 0. The number of phenols is 1. The highest BCUT2D eigenvalue weighted by Crippen LogP contribution is 2.39. The molecule has 20 heavy (non-hydrogen) atoms. The normalized spacial score (nSPS) is 22.1. The van der Waals surface area contributed by atoms with Gasteiger partial charge in [-0.3, -0.25) is 0 Å². The van der Waals surface area contributed by atoms with Gasteiger partial charge in [-0.2, -0.15) is 0 Å². The maximum Gasteiger partial charge on any atom is 0.131 e. The Morgan fingerprint density at radius 1 is 1.05 bits per heavy atom. The number of nitrogens with one attached hydrogen (secondary N) is 1. The van der Waals surface area contributed by atoms with Gasteiger partial charge in [-0.25, -0.2) is 0 Å². The minimum atomic E-state index is -1.28. The van der Waals surface area contributed by atoms with Crippen LogP contribution in [0.3, 0.4) is 0 Å². The maximum atomic E-state index is 11.2. The third-order valence-electron chi connectivity index (χ3n) is 3.85. The van der Waals surface area contributed by atoms with Gasteiger partial charge in [0.25, 0.3) is 0 Å². The van der Waals surface area contributed by atoms with E-state index in [1.807, 2.05) is 24.3 Å². The molecule has 104 valence electrons. The van der Waals surface area contributed by atoms with Gasteiger partial charge in [0.2, 0.25) is 0 Å². The lowest BCUT2D eigenvalue weighted by molar-refractivity contribution is 0.0798. The molecule has 0 aliphatic carbocycles. The Kier molecular flexibility index (Phi) is 3.42. The van der Waals surface area contributed by atoms with Crippen molar-refractivity contribution in [3.8, 4) is 5.75 Å². The molecule has 0 radical (unpaired) electrons. The van der Waals surface area contributed by atoms with E-state index in [4.69, 9.17) is 11.6 Å². The maximum absolute atomic E-state index is 11.2. The summed E-state index contributed by atoms with van der Waals surface area (Å²) in [5.41, 5.74) is 0.918. The summed E-state index contributed by atoms with van der Waals surface area (Å²) < 4.78 is 0. The van der Waals surface area contributed by atoms with Gasteiger partial charge in [0, 0.05) is 17.1 Å². The van der Waals surface area contributed by atoms with Gasteiger partial charge in [-0.05, 0) is 36.2 Å². The fraction of sp³-hybridized carbons (Fsp3) is 0.250. The Morgan fingerprint density at radius 2 is 1.80 bits per heavy atom. The van der Waals surface area contributed by atoms with Crippen LogP contribution in [0.2, 0.25) is 5.02 Å². The van der Waals surface area contributed by atoms with E-state index in [1.165, 1.54) is 0 Å². The summed E-state index contributed by atoms with van der Waals surface area (Å²) in [4.78, 5) is 0. The van der Waals surface area contributed by atoms with Crippen molar-refractivity contribution in [2.24, 2.45) is 0 Å². The van der Waals surface area contributed by atoms with Gasteiger partial charge < -0.3 is 15.5 Å². The van der Waals surface area contributed by atoms with Crippen molar-refractivity contribution in [3.63, 3.8) is 0 Å².